The van der Waals surface area contributed by atoms with Gasteiger partial charge in [0.05, 0.1) is 0 Å². The molecule has 0 aromatic heterocycles. The van der Waals surface area contributed by atoms with Crippen LogP contribution in [0.15, 0.2) is 17.7 Å². The minimum absolute atomic E-state index is 0.114. The predicted octanol–water partition coefficient (Wildman–Crippen LogP) is 3.15. The molecule has 0 heterocycles. The molecule has 0 aliphatic heterocycles. The largest absolute Gasteiger partial charge is 0.480 e. The highest BCUT2D eigenvalue weighted by molar-refractivity contribution is 5.65. The van der Waals surface area contributed by atoms with E-state index < -0.39 is 0 Å². The zero-order valence-electron chi connectivity index (χ0n) is 12.8. The Labute approximate surface area is 132 Å². The Bertz CT molecular complexity index is 660. The van der Waals surface area contributed by atoms with E-state index in [0.717, 1.165) is 11.1 Å². The van der Waals surface area contributed by atoms with E-state index in [4.69, 9.17) is 33.5 Å². The summed E-state index contributed by atoms with van der Waals surface area (Å²) in [5.74, 6) is 8.83. The lowest BCUT2D eigenvalue weighted by molar-refractivity contribution is 0.309. The third-order valence-electron chi connectivity index (χ3n) is 2.45. The summed E-state index contributed by atoms with van der Waals surface area (Å²) in [4.78, 5) is 0. The fourth-order valence-electron chi connectivity index (χ4n) is 1.69. The number of hydrogen-bond acceptors (Lipinski definition) is 3. The van der Waals surface area contributed by atoms with Crippen molar-refractivity contribution in [2.75, 3.05) is 19.8 Å². The molecule has 0 aliphatic carbocycles. The van der Waals surface area contributed by atoms with E-state index in [1.165, 1.54) is 0 Å². The van der Waals surface area contributed by atoms with Gasteiger partial charge in [0.1, 0.15) is 25.6 Å². The van der Waals surface area contributed by atoms with Crippen LogP contribution in [-0.4, -0.2) is 19.8 Å². The van der Waals surface area contributed by atoms with Crippen LogP contribution in [0.3, 0.4) is 0 Å². The molecule has 22 heavy (non-hydrogen) atoms. The Morgan fingerprint density at radius 3 is 1.77 bits per heavy atom. The van der Waals surface area contributed by atoms with Gasteiger partial charge in [-0.25, -0.2) is 0 Å². The molecule has 0 radical (unpaired) electrons. The minimum Gasteiger partial charge on any atom is -0.480 e. The minimum atomic E-state index is 0.114. The molecule has 0 bridgehead atoms. The van der Waals surface area contributed by atoms with Crippen LogP contribution in [0.1, 0.15) is 19.4 Å². The third-order valence-corrected chi connectivity index (χ3v) is 2.45. The molecule has 0 saturated carbocycles. The van der Waals surface area contributed by atoms with E-state index in [9.17, 15) is 0 Å². The lowest BCUT2D eigenvalue weighted by Gasteiger charge is -2.15. The summed E-state index contributed by atoms with van der Waals surface area (Å²) in [5.41, 5.74) is 1.93. The first kappa shape index (κ1) is 17.1. The summed E-state index contributed by atoms with van der Waals surface area (Å²) < 4.78 is 16.6. The van der Waals surface area contributed by atoms with Crippen molar-refractivity contribution in [3.05, 3.63) is 23.3 Å². The number of ether oxygens (including phenoxy) is 3. The van der Waals surface area contributed by atoms with Crippen LogP contribution in [0.4, 0.5) is 0 Å². The van der Waals surface area contributed by atoms with Gasteiger partial charge in [0.25, 0.3) is 0 Å². The van der Waals surface area contributed by atoms with Gasteiger partial charge in [0, 0.05) is 11.6 Å². The molecule has 3 heteroatoms. The molecule has 3 nitrogen and oxygen atoms in total. The second-order valence-electron chi connectivity index (χ2n) is 4.54. The molecular weight excluding hydrogens is 276 g/mol. The summed E-state index contributed by atoms with van der Waals surface area (Å²) >= 11 is 0. The molecule has 0 fully saturated rings. The molecule has 0 aliphatic rings. The normalized spacial score (nSPS) is 8.86. The number of allylic oxidation sites excluding steroid dienone is 1. The van der Waals surface area contributed by atoms with Gasteiger partial charge in [-0.1, -0.05) is 29.4 Å². The van der Waals surface area contributed by atoms with E-state index >= 15 is 0 Å². The van der Waals surface area contributed by atoms with Gasteiger partial charge in [0.2, 0.25) is 0 Å². The van der Waals surface area contributed by atoms with Crippen molar-refractivity contribution in [1.82, 2.24) is 0 Å². The summed E-state index contributed by atoms with van der Waals surface area (Å²) in [6.07, 6.45) is 17.7. The van der Waals surface area contributed by atoms with Crippen LogP contribution in [0.2, 0.25) is 0 Å². The number of benzene rings is 1. The molecule has 0 N–H and O–H groups in total. The van der Waals surface area contributed by atoms with E-state index in [1.54, 1.807) is 12.1 Å². The lowest BCUT2D eigenvalue weighted by atomic mass is 10.1. The van der Waals surface area contributed by atoms with Crippen molar-refractivity contribution in [3.63, 3.8) is 0 Å². The second kappa shape index (κ2) is 9.06. The van der Waals surface area contributed by atoms with E-state index in [0.29, 0.717) is 17.2 Å². The highest BCUT2D eigenvalue weighted by Gasteiger charge is 2.12. The first-order valence-electron chi connectivity index (χ1n) is 6.64. The SMILES string of the molecule is C#CCOc1cc(OCC#C)c(OCC#C)cc1C=C(C)C. The summed E-state index contributed by atoms with van der Waals surface area (Å²) in [7, 11) is 0. The van der Waals surface area contributed by atoms with Gasteiger partial charge >= 0.3 is 0 Å². The van der Waals surface area contributed by atoms with Crippen LogP contribution < -0.4 is 14.2 Å². The van der Waals surface area contributed by atoms with Gasteiger partial charge in [-0.2, -0.15) is 0 Å². The molecule has 1 aromatic rings. The quantitative estimate of drug-likeness (QED) is 0.723. The van der Waals surface area contributed by atoms with E-state index in [2.05, 4.69) is 17.8 Å². The van der Waals surface area contributed by atoms with Gasteiger partial charge in [-0.15, -0.1) is 19.3 Å². The number of terminal acetylenes is 3. The van der Waals surface area contributed by atoms with Crippen LogP contribution in [0.25, 0.3) is 6.08 Å². The predicted molar refractivity (Wildman–Crippen MR) is 88.8 cm³/mol. The molecule has 1 rings (SSSR count). The fraction of sp³-hybridized carbons (Fsp3) is 0.263. The second-order valence-corrected chi connectivity index (χ2v) is 4.54. The lowest BCUT2D eigenvalue weighted by Crippen LogP contribution is -2.03. The van der Waals surface area contributed by atoms with Crippen molar-refractivity contribution in [3.8, 4) is 54.3 Å². The van der Waals surface area contributed by atoms with E-state index in [-0.39, 0.29) is 19.8 Å². The van der Waals surface area contributed by atoms with Crippen LogP contribution in [0.5, 0.6) is 17.2 Å². The first-order valence-corrected chi connectivity index (χ1v) is 6.64. The third kappa shape index (κ3) is 5.20. The first-order chi connectivity index (χ1) is 10.6. The molecule has 0 atom stereocenters. The van der Waals surface area contributed by atoms with Crippen molar-refractivity contribution in [2.45, 2.75) is 13.8 Å². The van der Waals surface area contributed by atoms with Crippen molar-refractivity contribution in [1.29, 1.82) is 0 Å². The molecule has 112 valence electrons. The summed E-state index contributed by atoms with van der Waals surface area (Å²) in [6.45, 7) is 4.36. The highest BCUT2D eigenvalue weighted by atomic mass is 16.5. The zero-order valence-corrected chi connectivity index (χ0v) is 12.8. The van der Waals surface area contributed by atoms with Gasteiger partial charge in [-0.05, 0) is 19.9 Å². The molecular formula is C19H18O3. The van der Waals surface area contributed by atoms with Crippen LogP contribution in [-0.2, 0) is 0 Å². The molecule has 0 unspecified atom stereocenters. The molecule has 1 aromatic carbocycles. The van der Waals surface area contributed by atoms with Crippen LogP contribution in [0, 0.1) is 37.0 Å². The van der Waals surface area contributed by atoms with Gasteiger partial charge in [-0.3, -0.25) is 0 Å². The van der Waals surface area contributed by atoms with Crippen LogP contribution >= 0.6 is 0 Å². The topological polar surface area (TPSA) is 27.7 Å². The van der Waals surface area contributed by atoms with E-state index in [1.807, 2.05) is 19.9 Å². The Kier molecular flexibility index (Phi) is 7.04. The Morgan fingerprint density at radius 2 is 1.32 bits per heavy atom. The maximum absolute atomic E-state index is 5.56. The Balaban J connectivity index is 3.29. The molecule has 0 saturated heterocycles. The van der Waals surface area contributed by atoms with Crippen molar-refractivity contribution in [2.24, 2.45) is 0 Å². The average Bonchev–Trinajstić information content (AvgIpc) is 2.49. The smallest absolute Gasteiger partial charge is 0.166 e. The molecule has 0 amide bonds. The number of hydrogen-bond donors (Lipinski definition) is 0. The van der Waals surface area contributed by atoms with Gasteiger partial charge in [0.15, 0.2) is 11.5 Å². The fourth-order valence-corrected chi connectivity index (χ4v) is 1.69. The average molecular weight is 294 g/mol. The monoisotopic (exact) mass is 294 g/mol. The Morgan fingerprint density at radius 1 is 0.864 bits per heavy atom. The number of rotatable bonds is 7. The van der Waals surface area contributed by atoms with Crippen molar-refractivity contribution >= 4 is 6.08 Å². The maximum atomic E-state index is 5.56. The maximum Gasteiger partial charge on any atom is 0.166 e. The zero-order chi connectivity index (χ0) is 16.4. The summed E-state index contributed by atoms with van der Waals surface area (Å²) in [6, 6.07) is 3.50. The highest BCUT2D eigenvalue weighted by Crippen LogP contribution is 2.36. The molecule has 0 spiro atoms. The summed E-state index contributed by atoms with van der Waals surface area (Å²) in [5, 5.41) is 0. The van der Waals surface area contributed by atoms with Crippen molar-refractivity contribution < 1.29 is 14.2 Å². The van der Waals surface area contributed by atoms with Gasteiger partial charge < -0.3 is 14.2 Å². The Hall–Kier alpha value is -2.96. The standard InChI is InChI=1S/C19H18O3/c1-6-9-20-17-14-19(22-11-8-3)18(21-10-7-2)13-16(17)12-15(4)5/h1-3,12-14H,9-11H2,4-5H3.